The van der Waals surface area contributed by atoms with Crippen LogP contribution in [0.15, 0.2) is 12.1 Å². The maximum atomic E-state index is 12.5. The third kappa shape index (κ3) is 2.71. The number of rotatable bonds is 2. The van der Waals surface area contributed by atoms with Crippen molar-refractivity contribution < 1.29 is 17.9 Å². The lowest BCUT2D eigenvalue weighted by molar-refractivity contribution is -0.141. The van der Waals surface area contributed by atoms with Gasteiger partial charge in [-0.05, 0) is 18.6 Å². The van der Waals surface area contributed by atoms with E-state index in [1.54, 1.807) is 0 Å². The Balaban J connectivity index is 2.28. The molecule has 0 aliphatic carbocycles. The van der Waals surface area contributed by atoms with Crippen molar-refractivity contribution in [1.29, 1.82) is 5.26 Å². The fourth-order valence-electron chi connectivity index (χ4n) is 1.66. The molecule has 0 aromatic carbocycles. The first-order valence-electron chi connectivity index (χ1n) is 5.33. The Kier molecular flexibility index (Phi) is 3.39. The van der Waals surface area contributed by atoms with E-state index in [2.05, 4.69) is 10.3 Å². The van der Waals surface area contributed by atoms with Gasteiger partial charge in [0.25, 0.3) is 0 Å². The second-order valence-corrected chi connectivity index (χ2v) is 3.91. The molecule has 1 aliphatic rings. The largest absolute Gasteiger partial charge is 0.433 e. The summed E-state index contributed by atoms with van der Waals surface area (Å²) in [7, 11) is 0. The van der Waals surface area contributed by atoms with E-state index in [0.717, 1.165) is 12.1 Å². The summed E-state index contributed by atoms with van der Waals surface area (Å²) >= 11 is 0. The number of hydrogen-bond donors (Lipinski definition) is 1. The number of halogens is 3. The molecule has 1 aliphatic heterocycles. The Bertz CT molecular complexity index is 475. The van der Waals surface area contributed by atoms with Gasteiger partial charge in [0.2, 0.25) is 0 Å². The molecule has 96 valence electrons. The zero-order valence-electron chi connectivity index (χ0n) is 9.29. The number of aromatic nitrogens is 1. The molecule has 7 heteroatoms. The SMILES string of the molecule is N#Cc1ccc(C(F)(F)F)nc1NC1CCOC1. The van der Waals surface area contributed by atoms with Crippen LogP contribution in [0.4, 0.5) is 19.0 Å². The Morgan fingerprint density at radius 3 is 2.78 bits per heavy atom. The van der Waals surface area contributed by atoms with Gasteiger partial charge in [-0.25, -0.2) is 4.98 Å². The molecular weight excluding hydrogens is 247 g/mol. The highest BCUT2D eigenvalue weighted by molar-refractivity contribution is 5.53. The number of nitrogens with zero attached hydrogens (tertiary/aromatic N) is 2. The third-order valence-electron chi connectivity index (χ3n) is 2.58. The number of hydrogen-bond acceptors (Lipinski definition) is 4. The summed E-state index contributed by atoms with van der Waals surface area (Å²) in [5.74, 6) is -0.0391. The monoisotopic (exact) mass is 257 g/mol. The summed E-state index contributed by atoms with van der Waals surface area (Å²) in [5.41, 5.74) is -0.919. The summed E-state index contributed by atoms with van der Waals surface area (Å²) in [6.45, 7) is 0.960. The molecule has 2 heterocycles. The quantitative estimate of drug-likeness (QED) is 0.882. The van der Waals surface area contributed by atoms with Gasteiger partial charge in [-0.15, -0.1) is 0 Å². The lowest BCUT2D eigenvalue weighted by Gasteiger charge is -2.14. The predicted octanol–water partition coefficient (Wildman–Crippen LogP) is 2.17. The molecule has 0 radical (unpaired) electrons. The molecule has 0 amide bonds. The van der Waals surface area contributed by atoms with Crippen LogP contribution >= 0.6 is 0 Å². The molecule has 1 saturated heterocycles. The van der Waals surface area contributed by atoms with Gasteiger partial charge in [0.05, 0.1) is 18.2 Å². The van der Waals surface area contributed by atoms with E-state index in [-0.39, 0.29) is 17.4 Å². The summed E-state index contributed by atoms with van der Waals surface area (Å²) < 4.78 is 42.7. The number of ether oxygens (including phenoxy) is 1. The molecular formula is C11H10F3N3O. The van der Waals surface area contributed by atoms with Crippen molar-refractivity contribution in [2.45, 2.75) is 18.6 Å². The second kappa shape index (κ2) is 4.82. The number of alkyl halides is 3. The Morgan fingerprint density at radius 1 is 1.44 bits per heavy atom. The highest BCUT2D eigenvalue weighted by Crippen LogP contribution is 2.29. The van der Waals surface area contributed by atoms with E-state index in [0.29, 0.717) is 19.6 Å². The van der Waals surface area contributed by atoms with E-state index < -0.39 is 11.9 Å². The molecule has 1 atom stereocenters. The zero-order chi connectivity index (χ0) is 13.2. The molecule has 1 unspecified atom stereocenters. The van der Waals surface area contributed by atoms with Gasteiger partial charge in [0.15, 0.2) is 0 Å². The highest BCUT2D eigenvalue weighted by Gasteiger charge is 2.33. The van der Waals surface area contributed by atoms with E-state index in [1.165, 1.54) is 0 Å². The number of nitriles is 1. The maximum absolute atomic E-state index is 12.5. The average molecular weight is 257 g/mol. The lowest BCUT2D eigenvalue weighted by Crippen LogP contribution is -2.21. The van der Waals surface area contributed by atoms with Crippen LogP contribution in [-0.2, 0) is 10.9 Å². The fraction of sp³-hybridized carbons (Fsp3) is 0.455. The Morgan fingerprint density at radius 2 is 2.22 bits per heavy atom. The van der Waals surface area contributed by atoms with Crippen LogP contribution in [-0.4, -0.2) is 24.2 Å². The molecule has 1 N–H and O–H groups in total. The van der Waals surface area contributed by atoms with Crippen LogP contribution in [0.3, 0.4) is 0 Å². The van der Waals surface area contributed by atoms with Crippen LogP contribution in [0.1, 0.15) is 17.7 Å². The number of anilines is 1. The summed E-state index contributed by atoms with van der Waals surface area (Å²) in [5, 5.41) is 11.7. The molecule has 4 nitrogen and oxygen atoms in total. The van der Waals surface area contributed by atoms with Crippen molar-refractivity contribution in [2.24, 2.45) is 0 Å². The molecule has 2 rings (SSSR count). The van der Waals surface area contributed by atoms with Crippen LogP contribution < -0.4 is 5.32 Å². The number of pyridine rings is 1. The second-order valence-electron chi connectivity index (χ2n) is 3.91. The van der Waals surface area contributed by atoms with Crippen molar-refractivity contribution >= 4 is 5.82 Å². The smallest absolute Gasteiger partial charge is 0.379 e. The van der Waals surface area contributed by atoms with Crippen LogP contribution in [0.2, 0.25) is 0 Å². The van der Waals surface area contributed by atoms with E-state index in [9.17, 15) is 13.2 Å². The third-order valence-corrected chi connectivity index (χ3v) is 2.58. The van der Waals surface area contributed by atoms with E-state index in [1.807, 2.05) is 6.07 Å². The first-order valence-corrected chi connectivity index (χ1v) is 5.33. The average Bonchev–Trinajstić information content (AvgIpc) is 2.80. The van der Waals surface area contributed by atoms with E-state index >= 15 is 0 Å². The Hall–Kier alpha value is -1.81. The standard InChI is InChI=1S/C11H10F3N3O/c12-11(13,14)9-2-1-7(5-15)10(17-9)16-8-3-4-18-6-8/h1-2,8H,3-4,6H2,(H,16,17). The minimum Gasteiger partial charge on any atom is -0.379 e. The predicted molar refractivity (Wildman–Crippen MR) is 56.8 cm³/mol. The summed E-state index contributed by atoms with van der Waals surface area (Å²) in [4.78, 5) is 3.46. The molecule has 0 bridgehead atoms. The van der Waals surface area contributed by atoms with Gasteiger partial charge < -0.3 is 10.1 Å². The Labute approximate surface area is 101 Å². The minimum atomic E-state index is -4.52. The maximum Gasteiger partial charge on any atom is 0.433 e. The van der Waals surface area contributed by atoms with Crippen LogP contribution in [0.25, 0.3) is 0 Å². The van der Waals surface area contributed by atoms with Crippen molar-refractivity contribution in [3.63, 3.8) is 0 Å². The zero-order valence-corrected chi connectivity index (χ0v) is 9.29. The first kappa shape index (κ1) is 12.6. The van der Waals surface area contributed by atoms with Crippen molar-refractivity contribution in [2.75, 3.05) is 18.5 Å². The minimum absolute atomic E-state index is 0.0391. The van der Waals surface area contributed by atoms with Crippen LogP contribution in [0.5, 0.6) is 0 Å². The van der Waals surface area contributed by atoms with Gasteiger partial charge >= 0.3 is 6.18 Å². The van der Waals surface area contributed by atoms with E-state index in [4.69, 9.17) is 10.00 Å². The molecule has 0 spiro atoms. The highest BCUT2D eigenvalue weighted by atomic mass is 19.4. The first-order chi connectivity index (χ1) is 8.50. The van der Waals surface area contributed by atoms with Gasteiger partial charge in [-0.2, -0.15) is 18.4 Å². The van der Waals surface area contributed by atoms with Crippen molar-refractivity contribution in [3.8, 4) is 6.07 Å². The van der Waals surface area contributed by atoms with Gasteiger partial charge in [-0.1, -0.05) is 0 Å². The number of nitrogens with one attached hydrogen (secondary N) is 1. The summed E-state index contributed by atoms with van der Waals surface area (Å²) in [6.07, 6.45) is -3.83. The van der Waals surface area contributed by atoms with Crippen molar-refractivity contribution in [1.82, 2.24) is 4.98 Å². The normalized spacial score (nSPS) is 19.6. The van der Waals surface area contributed by atoms with Gasteiger partial charge in [-0.3, -0.25) is 0 Å². The molecule has 1 aromatic heterocycles. The molecule has 0 saturated carbocycles. The van der Waals surface area contributed by atoms with Crippen LogP contribution in [0, 0.1) is 11.3 Å². The van der Waals surface area contributed by atoms with Crippen molar-refractivity contribution in [3.05, 3.63) is 23.4 Å². The lowest BCUT2D eigenvalue weighted by atomic mass is 10.2. The summed E-state index contributed by atoms with van der Waals surface area (Å²) in [6, 6.07) is 3.63. The molecule has 18 heavy (non-hydrogen) atoms. The molecule has 1 fully saturated rings. The van der Waals surface area contributed by atoms with Gasteiger partial charge in [0.1, 0.15) is 17.6 Å². The fourth-order valence-corrected chi connectivity index (χ4v) is 1.66. The topological polar surface area (TPSA) is 57.9 Å². The van der Waals surface area contributed by atoms with Gasteiger partial charge in [0, 0.05) is 6.61 Å². The molecule has 1 aromatic rings.